The number of carbonyl (C=O) groups is 1. The molecule has 1 aliphatic rings. The summed E-state index contributed by atoms with van der Waals surface area (Å²) in [5.41, 5.74) is -0.311. The topological polar surface area (TPSA) is 94.2 Å². The molecule has 1 aliphatic heterocycles. The fourth-order valence-corrected chi connectivity index (χ4v) is 1.90. The van der Waals surface area contributed by atoms with Crippen LogP contribution in [0.4, 0.5) is 0 Å². The lowest BCUT2D eigenvalue weighted by Crippen LogP contribution is -2.45. The predicted octanol–water partition coefficient (Wildman–Crippen LogP) is -0.438. The average Bonchev–Trinajstić information content (AvgIpc) is 2.29. The molecule has 92 valence electrons. The Balaban J connectivity index is 2.05. The molecule has 4 N–H and O–H groups in total. The van der Waals surface area contributed by atoms with Gasteiger partial charge in [-0.3, -0.25) is 14.6 Å². The summed E-state index contributed by atoms with van der Waals surface area (Å²) in [4.78, 5) is 25.1. The Morgan fingerprint density at radius 2 is 2.29 bits per heavy atom. The fraction of sp³-hybridized carbons (Fsp3) is 0.455. The molecular formula is C11H15N3O3. The summed E-state index contributed by atoms with van der Waals surface area (Å²) in [6, 6.07) is 2.50. The molecule has 6 heteroatoms. The Hall–Kier alpha value is -1.82. The summed E-state index contributed by atoms with van der Waals surface area (Å²) in [5.74, 6) is -0.635. The average molecular weight is 237 g/mol. The lowest BCUT2D eigenvalue weighted by atomic mass is 10.1. The minimum absolute atomic E-state index is 0.0812. The number of rotatable bonds is 2. The van der Waals surface area contributed by atoms with Gasteiger partial charge in [-0.2, -0.15) is 0 Å². The third-order valence-electron chi connectivity index (χ3n) is 2.72. The SMILES string of the molecule is O=C(N[C@@H]1CCCNC1)c1cc(O)[nH]c(=O)c1. The maximum absolute atomic E-state index is 11.8. The molecule has 6 nitrogen and oxygen atoms in total. The molecule has 1 aromatic heterocycles. The Kier molecular flexibility index (Phi) is 3.43. The summed E-state index contributed by atoms with van der Waals surface area (Å²) in [6.07, 6.45) is 1.94. The van der Waals surface area contributed by atoms with Crippen molar-refractivity contribution in [2.75, 3.05) is 13.1 Å². The first kappa shape index (κ1) is 11.7. The molecular weight excluding hydrogens is 222 g/mol. The van der Waals surface area contributed by atoms with E-state index in [0.717, 1.165) is 25.9 Å². The van der Waals surface area contributed by atoms with Crippen molar-refractivity contribution in [3.05, 3.63) is 28.0 Å². The highest BCUT2D eigenvalue weighted by molar-refractivity contribution is 5.94. The van der Waals surface area contributed by atoms with Gasteiger partial charge in [0.1, 0.15) is 0 Å². The normalized spacial score (nSPS) is 19.9. The Bertz CT molecular complexity index is 463. The number of hydrogen-bond acceptors (Lipinski definition) is 4. The van der Waals surface area contributed by atoms with E-state index in [4.69, 9.17) is 0 Å². The van der Waals surface area contributed by atoms with Crippen molar-refractivity contribution >= 4 is 5.91 Å². The number of H-pyrrole nitrogens is 1. The molecule has 0 saturated carbocycles. The van der Waals surface area contributed by atoms with Crippen molar-refractivity contribution in [3.63, 3.8) is 0 Å². The highest BCUT2D eigenvalue weighted by Gasteiger charge is 2.16. The van der Waals surface area contributed by atoms with Crippen molar-refractivity contribution in [2.45, 2.75) is 18.9 Å². The van der Waals surface area contributed by atoms with Crippen LogP contribution >= 0.6 is 0 Å². The van der Waals surface area contributed by atoms with E-state index in [1.807, 2.05) is 0 Å². The summed E-state index contributed by atoms with van der Waals surface area (Å²) >= 11 is 0. The molecule has 1 fully saturated rings. The zero-order chi connectivity index (χ0) is 12.3. The zero-order valence-electron chi connectivity index (χ0n) is 9.32. The maximum Gasteiger partial charge on any atom is 0.251 e. The van der Waals surface area contributed by atoms with Crippen LogP contribution in [0.2, 0.25) is 0 Å². The van der Waals surface area contributed by atoms with Crippen LogP contribution in [0.25, 0.3) is 0 Å². The number of carbonyl (C=O) groups excluding carboxylic acids is 1. The van der Waals surface area contributed by atoms with E-state index in [1.54, 1.807) is 0 Å². The van der Waals surface area contributed by atoms with Gasteiger partial charge in [-0.15, -0.1) is 0 Å². The zero-order valence-corrected chi connectivity index (χ0v) is 9.32. The smallest absolute Gasteiger partial charge is 0.251 e. The van der Waals surface area contributed by atoms with E-state index in [2.05, 4.69) is 15.6 Å². The first-order valence-corrected chi connectivity index (χ1v) is 5.60. The van der Waals surface area contributed by atoms with E-state index in [9.17, 15) is 14.7 Å². The summed E-state index contributed by atoms with van der Waals surface area (Å²) in [7, 11) is 0. The molecule has 1 saturated heterocycles. The van der Waals surface area contributed by atoms with Crippen molar-refractivity contribution in [3.8, 4) is 5.88 Å². The monoisotopic (exact) mass is 237 g/mol. The molecule has 1 atom stereocenters. The van der Waals surface area contributed by atoms with Gasteiger partial charge in [-0.05, 0) is 19.4 Å². The van der Waals surface area contributed by atoms with E-state index in [0.29, 0.717) is 0 Å². The van der Waals surface area contributed by atoms with Gasteiger partial charge in [0, 0.05) is 24.7 Å². The standard InChI is InChI=1S/C11H15N3O3/c15-9-4-7(5-10(16)14-9)11(17)13-8-2-1-3-12-6-8/h4-5,8,12H,1-3,6H2,(H,13,17)(H2,14,15,16)/t8-/m1/s1. The number of hydrogen-bond donors (Lipinski definition) is 4. The Morgan fingerprint density at radius 3 is 2.94 bits per heavy atom. The second-order valence-electron chi connectivity index (χ2n) is 4.14. The number of amides is 1. The van der Waals surface area contributed by atoms with Gasteiger partial charge < -0.3 is 15.7 Å². The number of aromatic nitrogens is 1. The molecule has 0 aromatic carbocycles. The summed E-state index contributed by atoms with van der Waals surface area (Å²) in [6.45, 7) is 1.71. The van der Waals surface area contributed by atoms with Gasteiger partial charge >= 0.3 is 0 Å². The number of piperidine rings is 1. The highest BCUT2D eigenvalue weighted by atomic mass is 16.3. The van der Waals surface area contributed by atoms with Gasteiger partial charge in [-0.1, -0.05) is 0 Å². The minimum Gasteiger partial charge on any atom is -0.494 e. The first-order valence-electron chi connectivity index (χ1n) is 5.60. The number of aromatic amines is 1. The van der Waals surface area contributed by atoms with Gasteiger partial charge in [0.25, 0.3) is 11.5 Å². The van der Waals surface area contributed by atoms with Crippen LogP contribution < -0.4 is 16.2 Å². The second kappa shape index (κ2) is 5.01. The van der Waals surface area contributed by atoms with Crippen LogP contribution in [0.3, 0.4) is 0 Å². The van der Waals surface area contributed by atoms with E-state index in [1.165, 1.54) is 12.1 Å². The molecule has 0 spiro atoms. The second-order valence-corrected chi connectivity index (χ2v) is 4.14. The molecule has 0 aliphatic carbocycles. The van der Waals surface area contributed by atoms with E-state index < -0.39 is 5.56 Å². The molecule has 1 amide bonds. The molecule has 17 heavy (non-hydrogen) atoms. The van der Waals surface area contributed by atoms with Gasteiger partial charge in [0.05, 0.1) is 5.56 Å². The van der Waals surface area contributed by atoms with Gasteiger partial charge in [0.2, 0.25) is 0 Å². The summed E-state index contributed by atoms with van der Waals surface area (Å²) < 4.78 is 0. The van der Waals surface area contributed by atoms with Crippen molar-refractivity contribution < 1.29 is 9.90 Å². The predicted molar refractivity (Wildman–Crippen MR) is 62.1 cm³/mol. The third kappa shape index (κ3) is 3.07. The van der Waals surface area contributed by atoms with Gasteiger partial charge in [-0.25, -0.2) is 0 Å². The maximum atomic E-state index is 11.8. The largest absolute Gasteiger partial charge is 0.494 e. The number of pyridine rings is 1. The first-order chi connectivity index (χ1) is 8.15. The lowest BCUT2D eigenvalue weighted by Gasteiger charge is -2.23. The molecule has 0 unspecified atom stereocenters. The van der Waals surface area contributed by atoms with Crippen LogP contribution in [0.1, 0.15) is 23.2 Å². The third-order valence-corrected chi connectivity index (χ3v) is 2.72. The molecule has 1 aromatic rings. The highest BCUT2D eigenvalue weighted by Crippen LogP contribution is 2.06. The van der Waals surface area contributed by atoms with Crippen LogP contribution in [0, 0.1) is 0 Å². The quantitative estimate of drug-likeness (QED) is 0.561. The summed E-state index contributed by atoms with van der Waals surface area (Å²) in [5, 5.41) is 15.2. The number of nitrogens with one attached hydrogen (secondary N) is 3. The Labute approximate surface area is 98.1 Å². The van der Waals surface area contributed by atoms with Crippen molar-refractivity contribution in [1.29, 1.82) is 0 Å². The van der Waals surface area contributed by atoms with Crippen LogP contribution in [-0.4, -0.2) is 35.1 Å². The van der Waals surface area contributed by atoms with E-state index >= 15 is 0 Å². The molecule has 0 bridgehead atoms. The van der Waals surface area contributed by atoms with Crippen molar-refractivity contribution in [2.24, 2.45) is 0 Å². The number of aromatic hydroxyl groups is 1. The van der Waals surface area contributed by atoms with E-state index in [-0.39, 0.29) is 23.4 Å². The fourth-order valence-electron chi connectivity index (χ4n) is 1.90. The van der Waals surface area contributed by atoms with Crippen LogP contribution in [-0.2, 0) is 0 Å². The molecule has 0 radical (unpaired) electrons. The van der Waals surface area contributed by atoms with Gasteiger partial charge in [0.15, 0.2) is 5.88 Å². The van der Waals surface area contributed by atoms with Crippen LogP contribution in [0.15, 0.2) is 16.9 Å². The molecule has 2 rings (SSSR count). The minimum atomic E-state index is -0.489. The lowest BCUT2D eigenvalue weighted by molar-refractivity contribution is 0.0930. The molecule has 2 heterocycles. The van der Waals surface area contributed by atoms with Crippen molar-refractivity contribution in [1.82, 2.24) is 15.6 Å². The Morgan fingerprint density at radius 1 is 1.47 bits per heavy atom. The van der Waals surface area contributed by atoms with Crippen LogP contribution in [0.5, 0.6) is 5.88 Å².